The maximum Gasteiger partial charge on any atom is 0.224 e. The smallest absolute Gasteiger partial charge is 0.224 e. The number of carbonyl (C=O) groups excluding carboxylic acids is 1. The van der Waals surface area contributed by atoms with Crippen LogP contribution in [0.4, 0.5) is 0 Å². The summed E-state index contributed by atoms with van der Waals surface area (Å²) in [5, 5.41) is 12.9. The van der Waals surface area contributed by atoms with Gasteiger partial charge in [-0.05, 0) is 41.6 Å². The Labute approximate surface area is 140 Å². The minimum atomic E-state index is -0.708. The summed E-state index contributed by atoms with van der Waals surface area (Å²) in [7, 11) is 1.60. The second-order valence-electron chi connectivity index (χ2n) is 5.12. The number of methoxy groups -OCH3 is 1. The lowest BCUT2D eigenvalue weighted by Crippen LogP contribution is -2.29. The van der Waals surface area contributed by atoms with Gasteiger partial charge in [-0.2, -0.15) is 0 Å². The Hall–Kier alpha value is -1.98. The zero-order chi connectivity index (χ0) is 16.7. The molecule has 0 aliphatic rings. The Balaban J connectivity index is 1.85. The molecule has 2 N–H and O–H groups in total. The fourth-order valence-electron chi connectivity index (χ4n) is 2.18. The highest BCUT2D eigenvalue weighted by molar-refractivity contribution is 7.98. The van der Waals surface area contributed by atoms with Crippen molar-refractivity contribution < 1.29 is 14.6 Å². The first-order chi connectivity index (χ1) is 11.1. The Bertz CT molecular complexity index is 643. The van der Waals surface area contributed by atoms with Crippen LogP contribution >= 0.6 is 11.8 Å². The third-order valence-electron chi connectivity index (χ3n) is 3.49. The van der Waals surface area contributed by atoms with Gasteiger partial charge in [-0.15, -0.1) is 11.8 Å². The summed E-state index contributed by atoms with van der Waals surface area (Å²) in [6.07, 6.45) is 1.56. The average Bonchev–Trinajstić information content (AvgIpc) is 2.60. The summed E-state index contributed by atoms with van der Waals surface area (Å²) in [4.78, 5) is 13.1. The number of thioether (sulfide) groups is 1. The third kappa shape index (κ3) is 5.30. The van der Waals surface area contributed by atoms with Gasteiger partial charge < -0.3 is 15.2 Å². The molecule has 4 nitrogen and oxygen atoms in total. The van der Waals surface area contributed by atoms with E-state index >= 15 is 0 Å². The van der Waals surface area contributed by atoms with Crippen LogP contribution in [0.15, 0.2) is 53.4 Å². The number of carbonyl (C=O) groups is 1. The van der Waals surface area contributed by atoms with Crippen LogP contribution in [-0.2, 0) is 11.2 Å². The van der Waals surface area contributed by atoms with Crippen molar-refractivity contribution >= 4 is 17.7 Å². The van der Waals surface area contributed by atoms with Gasteiger partial charge in [0, 0.05) is 11.4 Å². The van der Waals surface area contributed by atoms with Gasteiger partial charge in [0.15, 0.2) is 0 Å². The van der Waals surface area contributed by atoms with E-state index in [1.165, 1.54) is 0 Å². The molecule has 2 rings (SSSR count). The molecule has 1 amide bonds. The van der Waals surface area contributed by atoms with E-state index in [4.69, 9.17) is 4.74 Å². The van der Waals surface area contributed by atoms with Gasteiger partial charge in [-0.1, -0.05) is 24.3 Å². The zero-order valence-corrected chi connectivity index (χ0v) is 14.1. The molecule has 0 spiro atoms. The Morgan fingerprint density at radius 3 is 2.65 bits per heavy atom. The maximum absolute atomic E-state index is 12.0. The third-order valence-corrected chi connectivity index (χ3v) is 4.24. The molecule has 0 aliphatic heterocycles. The topological polar surface area (TPSA) is 58.6 Å². The number of benzene rings is 2. The Morgan fingerprint density at radius 2 is 2.00 bits per heavy atom. The lowest BCUT2D eigenvalue weighted by atomic mass is 10.1. The highest BCUT2D eigenvalue weighted by Crippen LogP contribution is 2.19. The van der Waals surface area contributed by atoms with E-state index < -0.39 is 6.10 Å². The monoisotopic (exact) mass is 331 g/mol. The number of aliphatic hydroxyl groups is 1. The molecule has 0 bridgehead atoms. The highest BCUT2D eigenvalue weighted by atomic mass is 32.2. The van der Waals surface area contributed by atoms with Crippen molar-refractivity contribution in [1.29, 1.82) is 0 Å². The fraction of sp³-hybridized carbons (Fsp3) is 0.278. The summed E-state index contributed by atoms with van der Waals surface area (Å²) in [6.45, 7) is 0.196. The molecule has 23 heavy (non-hydrogen) atoms. The van der Waals surface area contributed by atoms with Gasteiger partial charge in [0.25, 0.3) is 0 Å². The number of nitrogens with one attached hydrogen (secondary N) is 1. The minimum Gasteiger partial charge on any atom is -0.497 e. The number of hydrogen-bond donors (Lipinski definition) is 2. The molecule has 122 valence electrons. The lowest BCUT2D eigenvalue weighted by Gasteiger charge is -2.13. The van der Waals surface area contributed by atoms with E-state index in [1.54, 1.807) is 18.9 Å². The molecular weight excluding hydrogens is 310 g/mol. The number of hydrogen-bond acceptors (Lipinski definition) is 4. The largest absolute Gasteiger partial charge is 0.497 e. The normalized spacial score (nSPS) is 11.8. The molecule has 0 aliphatic carbocycles. The van der Waals surface area contributed by atoms with E-state index in [-0.39, 0.29) is 18.9 Å². The number of aliphatic hydroxyl groups excluding tert-OH is 1. The average molecular weight is 331 g/mol. The minimum absolute atomic E-state index is 0.127. The van der Waals surface area contributed by atoms with Crippen molar-refractivity contribution in [2.75, 3.05) is 19.9 Å². The number of rotatable bonds is 7. The van der Waals surface area contributed by atoms with Gasteiger partial charge >= 0.3 is 0 Å². The fourth-order valence-corrected chi connectivity index (χ4v) is 2.59. The maximum atomic E-state index is 12.0. The first-order valence-electron chi connectivity index (χ1n) is 7.34. The van der Waals surface area contributed by atoms with Crippen LogP contribution in [0.5, 0.6) is 5.75 Å². The van der Waals surface area contributed by atoms with E-state index in [9.17, 15) is 9.90 Å². The highest BCUT2D eigenvalue weighted by Gasteiger charge is 2.10. The summed E-state index contributed by atoms with van der Waals surface area (Å²) in [5.41, 5.74) is 1.67. The number of amides is 1. The molecule has 0 saturated carbocycles. The van der Waals surface area contributed by atoms with Crippen LogP contribution in [0, 0.1) is 0 Å². The SMILES string of the molecule is COc1cccc(CC(=O)NCC(O)c2ccc(SC)cc2)c1. The molecule has 2 aromatic rings. The standard InChI is InChI=1S/C18H21NO3S/c1-22-15-5-3-4-13(10-15)11-18(21)19-12-17(20)14-6-8-16(23-2)9-7-14/h3-10,17,20H,11-12H2,1-2H3,(H,19,21). The van der Waals surface area contributed by atoms with Gasteiger partial charge in [0.05, 0.1) is 19.6 Å². The molecule has 0 fully saturated rings. The van der Waals surface area contributed by atoms with Crippen LogP contribution in [-0.4, -0.2) is 30.9 Å². The predicted octanol–water partition coefficient (Wildman–Crippen LogP) is 2.81. The summed E-state index contributed by atoms with van der Waals surface area (Å²) in [6, 6.07) is 15.1. The predicted molar refractivity (Wildman–Crippen MR) is 92.9 cm³/mol. The first kappa shape index (κ1) is 17.4. The van der Waals surface area contributed by atoms with Crippen LogP contribution in [0.1, 0.15) is 17.2 Å². The molecular formula is C18H21NO3S. The van der Waals surface area contributed by atoms with Gasteiger partial charge in [0.2, 0.25) is 5.91 Å². The molecule has 2 aromatic carbocycles. The Kier molecular flexibility index (Phi) is 6.50. The first-order valence-corrected chi connectivity index (χ1v) is 8.56. The summed E-state index contributed by atoms with van der Waals surface area (Å²) >= 11 is 1.65. The van der Waals surface area contributed by atoms with Gasteiger partial charge in [0.1, 0.15) is 5.75 Å². The van der Waals surface area contributed by atoms with Gasteiger partial charge in [-0.25, -0.2) is 0 Å². The molecule has 0 radical (unpaired) electrons. The molecule has 0 heterocycles. The van der Waals surface area contributed by atoms with Crippen molar-refractivity contribution in [1.82, 2.24) is 5.32 Å². The van der Waals surface area contributed by atoms with Gasteiger partial charge in [-0.3, -0.25) is 4.79 Å². The van der Waals surface area contributed by atoms with Crippen molar-refractivity contribution in [3.8, 4) is 5.75 Å². The second-order valence-corrected chi connectivity index (χ2v) is 6.00. The Morgan fingerprint density at radius 1 is 1.26 bits per heavy atom. The van der Waals surface area contributed by atoms with Crippen LogP contribution < -0.4 is 10.1 Å². The lowest BCUT2D eigenvalue weighted by molar-refractivity contribution is -0.120. The van der Waals surface area contributed by atoms with Crippen molar-refractivity contribution in [2.24, 2.45) is 0 Å². The second kappa shape index (κ2) is 8.60. The zero-order valence-electron chi connectivity index (χ0n) is 13.3. The van der Waals surface area contributed by atoms with E-state index in [1.807, 2.05) is 54.8 Å². The summed E-state index contributed by atoms with van der Waals surface area (Å²) < 4.78 is 5.14. The molecule has 1 unspecified atom stereocenters. The van der Waals surface area contributed by atoms with Crippen molar-refractivity contribution in [3.05, 3.63) is 59.7 Å². The summed E-state index contributed by atoms with van der Waals surface area (Å²) in [5.74, 6) is 0.599. The molecule has 1 atom stereocenters. The van der Waals surface area contributed by atoms with Crippen LogP contribution in [0.2, 0.25) is 0 Å². The molecule has 5 heteroatoms. The van der Waals surface area contributed by atoms with E-state index in [0.717, 1.165) is 21.8 Å². The van der Waals surface area contributed by atoms with E-state index in [2.05, 4.69) is 5.32 Å². The molecule has 0 aromatic heterocycles. The number of ether oxygens (including phenoxy) is 1. The van der Waals surface area contributed by atoms with E-state index in [0.29, 0.717) is 0 Å². The van der Waals surface area contributed by atoms with Crippen molar-refractivity contribution in [2.45, 2.75) is 17.4 Å². The quantitative estimate of drug-likeness (QED) is 0.766. The van der Waals surface area contributed by atoms with Crippen LogP contribution in [0.25, 0.3) is 0 Å². The molecule has 0 saturated heterocycles. The van der Waals surface area contributed by atoms with Crippen LogP contribution in [0.3, 0.4) is 0 Å². The van der Waals surface area contributed by atoms with Crippen molar-refractivity contribution in [3.63, 3.8) is 0 Å².